The Labute approximate surface area is 144 Å². The summed E-state index contributed by atoms with van der Waals surface area (Å²) in [6, 6.07) is 6.27. The minimum atomic E-state index is 0.452. The molecule has 1 aromatic heterocycles. The first-order valence-corrected chi connectivity index (χ1v) is 8.21. The van der Waals surface area contributed by atoms with E-state index in [-0.39, 0.29) is 0 Å². The Morgan fingerprint density at radius 2 is 2.21 bits per heavy atom. The minimum Gasteiger partial charge on any atom is -0.368 e. The molecule has 1 saturated heterocycles. The van der Waals surface area contributed by atoms with Crippen LogP contribution in [0.3, 0.4) is 0 Å². The van der Waals surface area contributed by atoms with Gasteiger partial charge in [0.15, 0.2) is 0 Å². The molecule has 0 amide bonds. The molecule has 0 spiro atoms. The SMILES string of the molecule is C=CC(=C)/C=C\C1=C(C)N(C(=C)Nc2ccccn2)C2CCN1C2. The maximum Gasteiger partial charge on any atom is 0.131 e. The Morgan fingerprint density at radius 1 is 1.38 bits per heavy atom. The molecule has 2 aliphatic heterocycles. The Bertz CT molecular complexity index is 714. The highest BCUT2D eigenvalue weighted by Crippen LogP contribution is 2.34. The monoisotopic (exact) mass is 320 g/mol. The van der Waals surface area contributed by atoms with Gasteiger partial charge in [0.05, 0.1) is 11.7 Å². The van der Waals surface area contributed by atoms with Crippen molar-refractivity contribution >= 4 is 5.82 Å². The third-order valence-electron chi connectivity index (χ3n) is 4.55. The fourth-order valence-corrected chi connectivity index (χ4v) is 3.35. The van der Waals surface area contributed by atoms with Crippen LogP contribution >= 0.6 is 0 Å². The first kappa shape index (κ1) is 16.1. The second-order valence-corrected chi connectivity index (χ2v) is 6.13. The van der Waals surface area contributed by atoms with Gasteiger partial charge >= 0.3 is 0 Å². The van der Waals surface area contributed by atoms with E-state index in [2.05, 4.69) is 52.8 Å². The van der Waals surface area contributed by atoms with E-state index in [0.717, 1.165) is 36.7 Å². The third-order valence-corrected chi connectivity index (χ3v) is 4.55. The Kier molecular flexibility index (Phi) is 4.56. The zero-order chi connectivity index (χ0) is 17.1. The molecule has 3 heterocycles. The van der Waals surface area contributed by atoms with E-state index in [1.165, 1.54) is 11.4 Å². The molecule has 2 bridgehead atoms. The molecule has 0 aromatic carbocycles. The van der Waals surface area contributed by atoms with Gasteiger partial charge < -0.3 is 15.1 Å². The maximum atomic E-state index is 4.33. The summed E-state index contributed by atoms with van der Waals surface area (Å²) in [6.45, 7) is 16.2. The van der Waals surface area contributed by atoms with Crippen LogP contribution in [0.5, 0.6) is 0 Å². The van der Waals surface area contributed by atoms with Crippen molar-refractivity contribution in [2.24, 2.45) is 0 Å². The molecule has 1 aromatic rings. The average Bonchev–Trinajstić information content (AvgIpc) is 3.00. The van der Waals surface area contributed by atoms with Gasteiger partial charge in [0.1, 0.15) is 11.6 Å². The van der Waals surface area contributed by atoms with Crippen LogP contribution in [0.2, 0.25) is 0 Å². The lowest BCUT2D eigenvalue weighted by Crippen LogP contribution is -2.42. The average molecular weight is 320 g/mol. The second kappa shape index (κ2) is 6.79. The maximum absolute atomic E-state index is 4.33. The first-order chi connectivity index (χ1) is 11.6. The van der Waals surface area contributed by atoms with Gasteiger partial charge in [-0.25, -0.2) is 4.98 Å². The molecule has 0 aliphatic carbocycles. The normalized spacial score (nSPS) is 19.8. The summed E-state index contributed by atoms with van der Waals surface area (Å²) < 4.78 is 0. The topological polar surface area (TPSA) is 31.4 Å². The fourth-order valence-electron chi connectivity index (χ4n) is 3.35. The molecule has 1 unspecified atom stereocenters. The highest BCUT2D eigenvalue weighted by Gasteiger charge is 2.36. The van der Waals surface area contributed by atoms with Crippen molar-refractivity contribution in [2.45, 2.75) is 19.4 Å². The summed E-state index contributed by atoms with van der Waals surface area (Å²) in [7, 11) is 0. The molecule has 0 radical (unpaired) electrons. The number of fused-ring (bicyclic) bond motifs is 2. The van der Waals surface area contributed by atoms with Crippen molar-refractivity contribution in [3.05, 3.63) is 85.1 Å². The van der Waals surface area contributed by atoms with Crippen LogP contribution in [0.15, 0.2) is 85.1 Å². The summed E-state index contributed by atoms with van der Waals surface area (Å²) >= 11 is 0. The predicted molar refractivity (Wildman–Crippen MR) is 100.0 cm³/mol. The van der Waals surface area contributed by atoms with Crippen molar-refractivity contribution in [2.75, 3.05) is 18.4 Å². The van der Waals surface area contributed by atoms with Gasteiger partial charge in [0.25, 0.3) is 0 Å². The van der Waals surface area contributed by atoms with Gasteiger partial charge in [-0.1, -0.05) is 38.0 Å². The molecule has 1 N–H and O–H groups in total. The van der Waals surface area contributed by atoms with E-state index >= 15 is 0 Å². The summed E-state index contributed by atoms with van der Waals surface area (Å²) in [5, 5.41) is 3.33. The van der Waals surface area contributed by atoms with Crippen molar-refractivity contribution in [1.29, 1.82) is 0 Å². The number of pyridine rings is 1. The van der Waals surface area contributed by atoms with Crippen LogP contribution in [-0.4, -0.2) is 33.9 Å². The zero-order valence-electron chi connectivity index (χ0n) is 14.2. The van der Waals surface area contributed by atoms with Gasteiger partial charge in [0.2, 0.25) is 0 Å². The largest absolute Gasteiger partial charge is 0.368 e. The number of anilines is 1. The number of aromatic nitrogens is 1. The van der Waals surface area contributed by atoms with Crippen molar-refractivity contribution in [3.8, 4) is 0 Å². The lowest BCUT2D eigenvalue weighted by atomic mass is 10.1. The van der Waals surface area contributed by atoms with E-state index < -0.39 is 0 Å². The molecule has 2 aliphatic rings. The number of allylic oxidation sites excluding steroid dienone is 5. The van der Waals surface area contributed by atoms with Gasteiger partial charge in [0, 0.05) is 25.0 Å². The minimum absolute atomic E-state index is 0.452. The van der Waals surface area contributed by atoms with Crippen LogP contribution in [0, 0.1) is 0 Å². The lowest BCUT2D eigenvalue weighted by molar-refractivity contribution is 0.269. The zero-order valence-corrected chi connectivity index (χ0v) is 14.2. The Morgan fingerprint density at radius 3 is 2.92 bits per heavy atom. The van der Waals surface area contributed by atoms with Crippen molar-refractivity contribution < 1.29 is 0 Å². The molecule has 3 rings (SSSR count). The quantitative estimate of drug-likeness (QED) is 0.806. The predicted octanol–water partition coefficient (Wildman–Crippen LogP) is 3.88. The summed E-state index contributed by atoms with van der Waals surface area (Å²) in [4.78, 5) is 9.06. The number of nitrogens with zero attached hydrogens (tertiary/aromatic N) is 3. The molecular weight excluding hydrogens is 296 g/mol. The number of rotatable bonds is 6. The van der Waals surface area contributed by atoms with Gasteiger partial charge in [-0.2, -0.15) is 0 Å². The molecule has 24 heavy (non-hydrogen) atoms. The number of hydrogen-bond donors (Lipinski definition) is 1. The summed E-state index contributed by atoms with van der Waals surface area (Å²) in [5.41, 5.74) is 3.33. The van der Waals surface area contributed by atoms with E-state index in [1.54, 1.807) is 12.3 Å². The highest BCUT2D eigenvalue weighted by atomic mass is 15.4. The summed E-state index contributed by atoms with van der Waals surface area (Å²) in [5.74, 6) is 1.68. The molecule has 4 nitrogen and oxygen atoms in total. The fraction of sp³-hybridized carbons (Fsp3) is 0.250. The highest BCUT2D eigenvalue weighted by molar-refractivity contribution is 5.43. The third kappa shape index (κ3) is 3.13. The Balaban J connectivity index is 1.86. The van der Waals surface area contributed by atoms with Crippen LogP contribution in [-0.2, 0) is 0 Å². The summed E-state index contributed by atoms with van der Waals surface area (Å²) in [6.07, 6.45) is 8.81. The van der Waals surface area contributed by atoms with Gasteiger partial charge in [-0.05, 0) is 37.1 Å². The van der Waals surface area contributed by atoms with Crippen LogP contribution < -0.4 is 5.32 Å². The molecule has 4 heteroatoms. The van der Waals surface area contributed by atoms with Crippen LogP contribution in [0.4, 0.5) is 5.82 Å². The van der Waals surface area contributed by atoms with Crippen LogP contribution in [0.1, 0.15) is 13.3 Å². The van der Waals surface area contributed by atoms with Gasteiger partial charge in [-0.15, -0.1) is 0 Å². The smallest absolute Gasteiger partial charge is 0.131 e. The van der Waals surface area contributed by atoms with Crippen molar-refractivity contribution in [1.82, 2.24) is 14.8 Å². The van der Waals surface area contributed by atoms with E-state index in [0.29, 0.717) is 6.04 Å². The lowest BCUT2D eigenvalue weighted by Gasteiger charge is -2.39. The number of nitrogens with one attached hydrogen (secondary N) is 1. The van der Waals surface area contributed by atoms with E-state index in [9.17, 15) is 0 Å². The van der Waals surface area contributed by atoms with Gasteiger partial charge in [-0.3, -0.25) is 0 Å². The number of hydrogen-bond acceptors (Lipinski definition) is 4. The molecule has 124 valence electrons. The Hall–Kier alpha value is -2.75. The molecule has 1 fully saturated rings. The van der Waals surface area contributed by atoms with E-state index in [1.807, 2.05) is 24.3 Å². The second-order valence-electron chi connectivity index (χ2n) is 6.13. The van der Waals surface area contributed by atoms with Crippen molar-refractivity contribution in [3.63, 3.8) is 0 Å². The first-order valence-electron chi connectivity index (χ1n) is 8.21. The molecule has 1 atom stereocenters. The molecular formula is C20H24N4. The van der Waals surface area contributed by atoms with Crippen LogP contribution in [0.25, 0.3) is 0 Å². The standard InChI is InChI=1S/C20H24N4/c1-5-15(2)9-10-19-16(3)24(18-11-13-23(19)14-18)17(4)22-20-8-6-7-12-21-20/h5-10,12,18H,1-2,4,11,13-14H2,3H3,(H,21,22)/b10-9-. The van der Waals surface area contributed by atoms with E-state index in [4.69, 9.17) is 0 Å². The molecule has 0 saturated carbocycles.